The molecule has 0 aromatic heterocycles. The second-order valence-corrected chi connectivity index (χ2v) is 6.87. The van der Waals surface area contributed by atoms with Crippen LogP contribution in [0.25, 0.3) is 0 Å². The van der Waals surface area contributed by atoms with Crippen LogP contribution in [0.1, 0.15) is 50.2 Å². The summed E-state index contributed by atoms with van der Waals surface area (Å²) in [6.45, 7) is 7.42. The first kappa shape index (κ1) is 15.0. The quantitative estimate of drug-likeness (QED) is 0.914. The van der Waals surface area contributed by atoms with Crippen molar-refractivity contribution in [2.75, 3.05) is 13.1 Å². The lowest BCUT2D eigenvalue weighted by Gasteiger charge is -2.48. The van der Waals surface area contributed by atoms with Crippen LogP contribution in [0, 0.1) is 12.7 Å². The number of hydrogen-bond donors (Lipinski definition) is 1. The fourth-order valence-corrected chi connectivity index (χ4v) is 4.02. The van der Waals surface area contributed by atoms with Crippen molar-refractivity contribution in [1.82, 2.24) is 10.2 Å². The van der Waals surface area contributed by atoms with Gasteiger partial charge in [0.2, 0.25) is 0 Å². The van der Waals surface area contributed by atoms with E-state index in [1.807, 2.05) is 6.07 Å². The average Bonchev–Trinajstić information content (AvgIpc) is 2.95. The molecule has 1 saturated heterocycles. The van der Waals surface area contributed by atoms with Crippen LogP contribution in [-0.2, 0) is 6.54 Å². The van der Waals surface area contributed by atoms with Crippen molar-refractivity contribution in [3.8, 4) is 0 Å². The molecule has 1 heterocycles. The molecule has 3 heteroatoms. The van der Waals surface area contributed by atoms with Gasteiger partial charge in [0.25, 0.3) is 0 Å². The van der Waals surface area contributed by atoms with E-state index in [-0.39, 0.29) is 5.82 Å². The lowest BCUT2D eigenvalue weighted by molar-refractivity contribution is 0.0347. The third kappa shape index (κ3) is 3.00. The van der Waals surface area contributed by atoms with Crippen molar-refractivity contribution < 1.29 is 4.39 Å². The molecule has 1 aliphatic heterocycles. The first-order valence-electron chi connectivity index (χ1n) is 8.36. The summed E-state index contributed by atoms with van der Waals surface area (Å²) < 4.78 is 13.6. The predicted octanol–water partition coefficient (Wildman–Crippen LogP) is 3.63. The highest BCUT2D eigenvalue weighted by molar-refractivity contribution is 5.27. The molecule has 3 rings (SSSR count). The largest absolute Gasteiger partial charge is 0.311 e. The van der Waals surface area contributed by atoms with E-state index in [2.05, 4.69) is 24.1 Å². The van der Waals surface area contributed by atoms with Crippen molar-refractivity contribution in [3.05, 3.63) is 35.1 Å². The molecule has 1 aromatic rings. The molecule has 116 valence electrons. The minimum absolute atomic E-state index is 0.113. The maximum atomic E-state index is 13.6. The fourth-order valence-electron chi connectivity index (χ4n) is 4.02. The maximum Gasteiger partial charge on any atom is 0.123 e. The number of nitrogens with zero attached hydrogens (tertiary/aromatic N) is 1. The average molecular weight is 290 g/mol. The molecule has 0 amide bonds. The molecular formula is C18H27FN2. The van der Waals surface area contributed by atoms with E-state index >= 15 is 0 Å². The maximum absolute atomic E-state index is 13.6. The lowest BCUT2D eigenvalue weighted by Crippen LogP contribution is -2.63. The summed E-state index contributed by atoms with van der Waals surface area (Å²) in [6.07, 6.45) is 6.39. The second kappa shape index (κ2) is 6.05. The Labute approximate surface area is 127 Å². The first-order chi connectivity index (χ1) is 10.1. The third-order valence-corrected chi connectivity index (χ3v) is 5.53. The molecule has 1 aromatic carbocycles. The van der Waals surface area contributed by atoms with E-state index in [1.165, 1.54) is 31.2 Å². The summed E-state index contributed by atoms with van der Waals surface area (Å²) in [7, 11) is 0. The van der Waals surface area contributed by atoms with Crippen LogP contribution in [-0.4, -0.2) is 29.6 Å². The second-order valence-electron chi connectivity index (χ2n) is 6.87. The Kier molecular flexibility index (Phi) is 4.32. The fraction of sp³-hybridized carbons (Fsp3) is 0.667. The summed E-state index contributed by atoms with van der Waals surface area (Å²) in [4.78, 5) is 2.65. The van der Waals surface area contributed by atoms with E-state index in [1.54, 1.807) is 12.1 Å². The molecule has 2 nitrogen and oxygen atoms in total. The molecule has 1 unspecified atom stereocenters. The highest BCUT2D eigenvalue weighted by Crippen LogP contribution is 2.38. The van der Waals surface area contributed by atoms with Crippen LogP contribution in [0.2, 0.25) is 0 Å². The number of benzene rings is 1. The van der Waals surface area contributed by atoms with Gasteiger partial charge < -0.3 is 5.32 Å². The number of hydrogen-bond acceptors (Lipinski definition) is 2. The topological polar surface area (TPSA) is 15.3 Å². The monoisotopic (exact) mass is 290 g/mol. The molecule has 1 spiro atoms. The SMILES string of the molecule is CCC1CN(Cc2cc(F)ccc2C)C2(CCCC2)CN1. The van der Waals surface area contributed by atoms with Gasteiger partial charge >= 0.3 is 0 Å². The van der Waals surface area contributed by atoms with Gasteiger partial charge in [-0.15, -0.1) is 0 Å². The Bertz CT molecular complexity index is 494. The smallest absolute Gasteiger partial charge is 0.123 e. The van der Waals surface area contributed by atoms with Gasteiger partial charge in [-0.25, -0.2) is 4.39 Å². The van der Waals surface area contributed by atoms with Crippen molar-refractivity contribution in [1.29, 1.82) is 0 Å². The summed E-state index contributed by atoms with van der Waals surface area (Å²) in [6, 6.07) is 5.77. The van der Waals surface area contributed by atoms with Gasteiger partial charge in [0.15, 0.2) is 0 Å². The van der Waals surface area contributed by atoms with Crippen molar-refractivity contribution in [3.63, 3.8) is 0 Å². The molecule has 1 aliphatic carbocycles. The van der Waals surface area contributed by atoms with Gasteiger partial charge in [0, 0.05) is 31.2 Å². The van der Waals surface area contributed by atoms with E-state index in [0.29, 0.717) is 11.6 Å². The lowest BCUT2D eigenvalue weighted by atomic mass is 9.89. The zero-order chi connectivity index (χ0) is 14.9. The Morgan fingerprint density at radius 1 is 1.33 bits per heavy atom. The van der Waals surface area contributed by atoms with Crippen LogP contribution in [0.4, 0.5) is 4.39 Å². The van der Waals surface area contributed by atoms with Gasteiger partial charge in [-0.1, -0.05) is 25.8 Å². The molecule has 0 radical (unpaired) electrons. The molecular weight excluding hydrogens is 263 g/mol. The van der Waals surface area contributed by atoms with Crippen LogP contribution in [0.3, 0.4) is 0 Å². The first-order valence-corrected chi connectivity index (χ1v) is 8.36. The molecule has 0 bridgehead atoms. The van der Waals surface area contributed by atoms with E-state index in [4.69, 9.17) is 0 Å². The summed E-state index contributed by atoms with van der Waals surface area (Å²) in [5.41, 5.74) is 2.67. The Hall–Kier alpha value is -0.930. The van der Waals surface area contributed by atoms with Crippen molar-refractivity contribution >= 4 is 0 Å². The minimum atomic E-state index is -0.113. The number of aryl methyl sites for hydroxylation is 1. The number of rotatable bonds is 3. The van der Waals surface area contributed by atoms with Gasteiger partial charge in [-0.3, -0.25) is 4.90 Å². The molecule has 1 N–H and O–H groups in total. The zero-order valence-corrected chi connectivity index (χ0v) is 13.3. The number of piperazine rings is 1. The summed E-state index contributed by atoms with van der Waals surface area (Å²) in [5.74, 6) is -0.113. The van der Waals surface area contributed by atoms with Crippen LogP contribution < -0.4 is 5.32 Å². The third-order valence-electron chi connectivity index (χ3n) is 5.53. The van der Waals surface area contributed by atoms with Crippen molar-refractivity contribution in [2.45, 2.75) is 64.1 Å². The van der Waals surface area contributed by atoms with Crippen LogP contribution in [0.15, 0.2) is 18.2 Å². The Balaban J connectivity index is 1.83. The normalized spacial score (nSPS) is 25.6. The Morgan fingerprint density at radius 3 is 2.81 bits per heavy atom. The standard InChI is InChI=1S/C18H27FN2/c1-3-17-12-21(18(13-20-17)8-4-5-9-18)11-15-10-16(19)7-6-14(15)2/h6-7,10,17,20H,3-5,8-9,11-13H2,1-2H3. The number of halogens is 1. The van der Waals surface area contributed by atoms with Gasteiger partial charge in [0.05, 0.1) is 0 Å². The molecule has 2 fully saturated rings. The predicted molar refractivity (Wildman–Crippen MR) is 84.8 cm³/mol. The molecule has 1 saturated carbocycles. The minimum Gasteiger partial charge on any atom is -0.311 e. The van der Waals surface area contributed by atoms with Gasteiger partial charge in [-0.2, -0.15) is 0 Å². The molecule has 1 atom stereocenters. The van der Waals surface area contributed by atoms with E-state index in [0.717, 1.165) is 31.6 Å². The van der Waals surface area contributed by atoms with E-state index < -0.39 is 0 Å². The van der Waals surface area contributed by atoms with Crippen LogP contribution in [0.5, 0.6) is 0 Å². The summed E-state index contributed by atoms with van der Waals surface area (Å²) >= 11 is 0. The van der Waals surface area contributed by atoms with Crippen LogP contribution >= 0.6 is 0 Å². The van der Waals surface area contributed by atoms with Crippen molar-refractivity contribution in [2.24, 2.45) is 0 Å². The van der Waals surface area contributed by atoms with Gasteiger partial charge in [0.1, 0.15) is 5.82 Å². The molecule has 2 aliphatic rings. The number of nitrogens with one attached hydrogen (secondary N) is 1. The Morgan fingerprint density at radius 2 is 2.10 bits per heavy atom. The summed E-state index contributed by atoms with van der Waals surface area (Å²) in [5, 5.41) is 3.73. The highest BCUT2D eigenvalue weighted by atomic mass is 19.1. The highest BCUT2D eigenvalue weighted by Gasteiger charge is 2.43. The zero-order valence-electron chi connectivity index (χ0n) is 13.3. The van der Waals surface area contributed by atoms with Gasteiger partial charge in [-0.05, 0) is 49.4 Å². The molecule has 21 heavy (non-hydrogen) atoms. The van der Waals surface area contributed by atoms with E-state index in [9.17, 15) is 4.39 Å².